The van der Waals surface area contributed by atoms with Crippen molar-refractivity contribution in [3.8, 4) is 0 Å². The second-order valence-corrected chi connectivity index (χ2v) is 3.04. The molecule has 0 fully saturated rings. The average molecular weight is 253 g/mol. The molecule has 0 aliphatic heterocycles. The van der Waals surface area contributed by atoms with Gasteiger partial charge >= 0.3 is 0 Å². The molecule has 0 amide bonds. The smallest absolute Gasteiger partial charge is 0.0579 e. The number of nitrogens with two attached hydrogens (primary N) is 1. The number of para-hydroxylation sites is 1. The third-order valence-corrected chi connectivity index (χ3v) is 1.97. The molecule has 0 atom stereocenters. The topological polar surface area (TPSA) is 58.3 Å². The van der Waals surface area contributed by atoms with Crippen LogP contribution in [0.5, 0.6) is 0 Å². The average Bonchev–Trinajstić information content (AvgIpc) is 2.13. The molecule has 0 heterocycles. The Morgan fingerprint density at radius 2 is 2.00 bits per heavy atom. The molecule has 0 saturated heterocycles. The van der Waals surface area contributed by atoms with Gasteiger partial charge in [0.1, 0.15) is 0 Å². The van der Waals surface area contributed by atoms with E-state index in [1.807, 2.05) is 25.1 Å². The van der Waals surface area contributed by atoms with Crippen LogP contribution in [0, 0.1) is 6.92 Å². The molecule has 1 aromatic carbocycles. The molecule has 0 unspecified atom stereocenters. The Morgan fingerprint density at radius 1 is 1.33 bits per heavy atom. The molecule has 5 heteroatoms. The maximum atomic E-state index is 8.60. The fourth-order valence-electron chi connectivity index (χ4n) is 1.14. The summed E-state index contributed by atoms with van der Waals surface area (Å²) in [6, 6.07) is 5.89. The number of nitrogens with one attached hydrogen (secondary N) is 1. The zero-order valence-corrected chi connectivity index (χ0v) is 10.3. The lowest BCUT2D eigenvalue weighted by Crippen LogP contribution is -2.06. The summed E-state index contributed by atoms with van der Waals surface area (Å²) in [6.07, 6.45) is 0.743. The minimum Gasteiger partial charge on any atom is -0.397 e. The number of aliphatic hydroxyl groups is 1. The molecule has 4 N–H and O–H groups in total. The van der Waals surface area contributed by atoms with E-state index in [0.29, 0.717) is 0 Å². The van der Waals surface area contributed by atoms with Gasteiger partial charge in [-0.1, -0.05) is 12.1 Å². The number of nitrogen functional groups attached to an aromatic ring is 1. The summed E-state index contributed by atoms with van der Waals surface area (Å²) in [5.41, 5.74) is 8.66. The van der Waals surface area contributed by atoms with Crippen LogP contribution in [0.3, 0.4) is 0 Å². The SMILES string of the molecule is Cc1cccc(NCCCO)c1N.Cl.Cl. The van der Waals surface area contributed by atoms with Crippen molar-refractivity contribution in [2.75, 3.05) is 24.2 Å². The van der Waals surface area contributed by atoms with Gasteiger partial charge in [0.2, 0.25) is 0 Å². The normalized spacial score (nSPS) is 8.67. The number of hydrogen-bond donors (Lipinski definition) is 3. The van der Waals surface area contributed by atoms with Crippen LogP contribution >= 0.6 is 24.8 Å². The summed E-state index contributed by atoms with van der Waals surface area (Å²) in [5, 5.41) is 11.8. The molecule has 0 bridgehead atoms. The van der Waals surface area contributed by atoms with Crippen LogP contribution in [0.25, 0.3) is 0 Å². The lowest BCUT2D eigenvalue weighted by Gasteiger charge is -2.09. The fourth-order valence-corrected chi connectivity index (χ4v) is 1.14. The highest BCUT2D eigenvalue weighted by Crippen LogP contribution is 2.21. The van der Waals surface area contributed by atoms with Crippen molar-refractivity contribution >= 4 is 36.2 Å². The van der Waals surface area contributed by atoms with E-state index in [4.69, 9.17) is 10.8 Å². The molecule has 0 aliphatic rings. The molecule has 88 valence electrons. The highest BCUT2D eigenvalue weighted by atomic mass is 35.5. The van der Waals surface area contributed by atoms with Gasteiger partial charge in [-0.05, 0) is 25.0 Å². The van der Waals surface area contributed by atoms with Crippen molar-refractivity contribution in [3.63, 3.8) is 0 Å². The molecule has 0 spiro atoms. The Labute approximate surface area is 103 Å². The van der Waals surface area contributed by atoms with Gasteiger partial charge in [0.15, 0.2) is 0 Å². The van der Waals surface area contributed by atoms with E-state index in [1.165, 1.54) is 0 Å². The van der Waals surface area contributed by atoms with Crippen LogP contribution in [-0.2, 0) is 0 Å². The van der Waals surface area contributed by atoms with Gasteiger partial charge in [-0.3, -0.25) is 0 Å². The van der Waals surface area contributed by atoms with Crippen molar-refractivity contribution in [2.24, 2.45) is 0 Å². The molecule has 0 radical (unpaired) electrons. The fraction of sp³-hybridized carbons (Fsp3) is 0.400. The number of halogens is 2. The first kappa shape index (κ1) is 16.8. The predicted octanol–water partition coefficient (Wildman–Crippen LogP) is 2.22. The standard InChI is InChI=1S/C10H16N2O.2ClH/c1-8-4-2-5-9(10(8)11)12-6-3-7-13;;/h2,4-5,12-13H,3,6-7,11H2,1H3;2*1H. The van der Waals surface area contributed by atoms with Crippen LogP contribution in [0.4, 0.5) is 11.4 Å². The van der Waals surface area contributed by atoms with E-state index in [1.54, 1.807) is 0 Å². The molecular weight excluding hydrogens is 235 g/mol. The molecule has 0 aromatic heterocycles. The molecule has 1 rings (SSSR count). The second kappa shape index (κ2) is 8.65. The van der Waals surface area contributed by atoms with Gasteiger partial charge in [0.05, 0.1) is 11.4 Å². The molecule has 1 aromatic rings. The zero-order chi connectivity index (χ0) is 9.68. The maximum absolute atomic E-state index is 8.60. The van der Waals surface area contributed by atoms with Gasteiger partial charge in [-0.2, -0.15) is 0 Å². The van der Waals surface area contributed by atoms with Crippen molar-refractivity contribution in [2.45, 2.75) is 13.3 Å². The number of hydrogen-bond acceptors (Lipinski definition) is 3. The predicted molar refractivity (Wildman–Crippen MR) is 70.3 cm³/mol. The second-order valence-electron chi connectivity index (χ2n) is 3.04. The van der Waals surface area contributed by atoms with Crippen molar-refractivity contribution in [1.29, 1.82) is 0 Å². The highest BCUT2D eigenvalue weighted by Gasteiger charge is 1.99. The van der Waals surface area contributed by atoms with Crippen LogP contribution in [0.15, 0.2) is 18.2 Å². The Hall–Kier alpha value is -0.640. The summed E-state index contributed by atoms with van der Waals surface area (Å²) in [4.78, 5) is 0. The Morgan fingerprint density at radius 3 is 2.60 bits per heavy atom. The van der Waals surface area contributed by atoms with Crippen LogP contribution in [0.2, 0.25) is 0 Å². The van der Waals surface area contributed by atoms with E-state index in [-0.39, 0.29) is 31.4 Å². The highest BCUT2D eigenvalue weighted by molar-refractivity contribution is 5.85. The number of benzene rings is 1. The lowest BCUT2D eigenvalue weighted by atomic mass is 10.2. The van der Waals surface area contributed by atoms with E-state index >= 15 is 0 Å². The maximum Gasteiger partial charge on any atom is 0.0579 e. The third-order valence-electron chi connectivity index (χ3n) is 1.97. The molecule has 0 saturated carbocycles. The number of anilines is 2. The van der Waals surface area contributed by atoms with Gasteiger partial charge < -0.3 is 16.2 Å². The first-order chi connectivity index (χ1) is 6.25. The molecule has 15 heavy (non-hydrogen) atoms. The van der Waals surface area contributed by atoms with Crippen LogP contribution in [-0.4, -0.2) is 18.3 Å². The molecular formula is C10H18Cl2N2O. The summed E-state index contributed by atoms with van der Waals surface area (Å²) in [7, 11) is 0. The summed E-state index contributed by atoms with van der Waals surface area (Å²) >= 11 is 0. The van der Waals surface area contributed by atoms with Crippen molar-refractivity contribution in [3.05, 3.63) is 23.8 Å². The van der Waals surface area contributed by atoms with Gasteiger partial charge in [0.25, 0.3) is 0 Å². The summed E-state index contributed by atoms with van der Waals surface area (Å²) in [5.74, 6) is 0. The minimum atomic E-state index is 0. The monoisotopic (exact) mass is 252 g/mol. The van der Waals surface area contributed by atoms with Crippen molar-refractivity contribution in [1.82, 2.24) is 0 Å². The zero-order valence-electron chi connectivity index (χ0n) is 8.69. The third kappa shape index (κ3) is 5.11. The Balaban J connectivity index is 0. The largest absolute Gasteiger partial charge is 0.397 e. The van der Waals surface area contributed by atoms with Crippen LogP contribution in [0.1, 0.15) is 12.0 Å². The summed E-state index contributed by atoms with van der Waals surface area (Å²) < 4.78 is 0. The lowest BCUT2D eigenvalue weighted by molar-refractivity contribution is 0.292. The van der Waals surface area contributed by atoms with Gasteiger partial charge in [-0.15, -0.1) is 24.8 Å². The van der Waals surface area contributed by atoms with Gasteiger partial charge in [0, 0.05) is 13.2 Å². The Kier molecular flexibility index (Phi) is 9.68. The van der Waals surface area contributed by atoms with Crippen LogP contribution < -0.4 is 11.1 Å². The van der Waals surface area contributed by atoms with Crippen molar-refractivity contribution < 1.29 is 5.11 Å². The molecule has 0 aliphatic carbocycles. The Bertz CT molecular complexity index is 282. The minimum absolute atomic E-state index is 0. The number of aliphatic hydroxyl groups excluding tert-OH is 1. The first-order valence-corrected chi connectivity index (χ1v) is 4.45. The number of rotatable bonds is 4. The van der Waals surface area contributed by atoms with E-state index in [9.17, 15) is 0 Å². The van der Waals surface area contributed by atoms with E-state index in [2.05, 4.69) is 5.32 Å². The van der Waals surface area contributed by atoms with Gasteiger partial charge in [-0.25, -0.2) is 0 Å². The molecule has 3 nitrogen and oxygen atoms in total. The van der Waals surface area contributed by atoms with E-state index < -0.39 is 0 Å². The quantitative estimate of drug-likeness (QED) is 0.569. The number of aryl methyl sites for hydroxylation is 1. The van der Waals surface area contributed by atoms with E-state index in [0.717, 1.165) is 29.9 Å². The summed E-state index contributed by atoms with van der Waals surface area (Å²) in [6.45, 7) is 2.94. The first-order valence-electron chi connectivity index (χ1n) is 4.45.